The van der Waals surface area contributed by atoms with Gasteiger partial charge in [-0.15, -0.1) is 0 Å². The Hall–Kier alpha value is -1.69. The lowest BCUT2D eigenvalue weighted by Crippen LogP contribution is -2.43. The Labute approximate surface area is 110 Å². The summed E-state index contributed by atoms with van der Waals surface area (Å²) in [4.78, 5) is 13.8. The van der Waals surface area contributed by atoms with Crippen LogP contribution in [0.1, 0.15) is 23.2 Å². The molecular formula is C13H16F2N2O2. The van der Waals surface area contributed by atoms with Crippen LogP contribution in [0.4, 0.5) is 14.5 Å². The normalized spacial score (nSPS) is 19.5. The Bertz CT molecular complexity index is 494. The van der Waals surface area contributed by atoms with Crippen LogP contribution in [0.5, 0.6) is 0 Å². The van der Waals surface area contributed by atoms with Gasteiger partial charge in [-0.25, -0.2) is 8.78 Å². The summed E-state index contributed by atoms with van der Waals surface area (Å²) >= 11 is 0. The molecule has 0 aliphatic carbocycles. The second kappa shape index (κ2) is 5.52. The molecule has 6 heteroatoms. The summed E-state index contributed by atoms with van der Waals surface area (Å²) in [6.07, 6.45) is 1.67. The van der Waals surface area contributed by atoms with Crippen molar-refractivity contribution in [2.24, 2.45) is 0 Å². The fourth-order valence-electron chi connectivity index (χ4n) is 2.23. The first kappa shape index (κ1) is 13.7. The molecular weight excluding hydrogens is 254 g/mol. The number of methoxy groups -OCH3 is 1. The number of likely N-dealkylation sites (tertiary alicyclic amines) is 1. The zero-order valence-electron chi connectivity index (χ0n) is 10.7. The Kier molecular flexibility index (Phi) is 3.99. The number of halogens is 2. The number of nitrogen functional groups attached to an aromatic ring is 1. The summed E-state index contributed by atoms with van der Waals surface area (Å²) in [5.41, 5.74) is 5.52. The van der Waals surface area contributed by atoms with Gasteiger partial charge < -0.3 is 15.4 Å². The zero-order valence-corrected chi connectivity index (χ0v) is 10.7. The van der Waals surface area contributed by atoms with Crippen LogP contribution in [0.3, 0.4) is 0 Å². The number of carbonyl (C=O) groups excluding carboxylic acids is 1. The van der Waals surface area contributed by atoms with Gasteiger partial charge in [0, 0.05) is 32.0 Å². The maximum absolute atomic E-state index is 13.2. The van der Waals surface area contributed by atoms with E-state index in [-0.39, 0.29) is 17.4 Å². The van der Waals surface area contributed by atoms with Crippen LogP contribution in [-0.4, -0.2) is 37.1 Å². The van der Waals surface area contributed by atoms with Gasteiger partial charge >= 0.3 is 0 Å². The predicted molar refractivity (Wildman–Crippen MR) is 66.7 cm³/mol. The van der Waals surface area contributed by atoms with Crippen LogP contribution >= 0.6 is 0 Å². The van der Waals surface area contributed by atoms with E-state index in [2.05, 4.69) is 0 Å². The number of nitrogens with zero attached hydrogens (tertiary/aromatic N) is 1. The van der Waals surface area contributed by atoms with Crippen molar-refractivity contribution in [1.29, 1.82) is 0 Å². The second-order valence-electron chi connectivity index (χ2n) is 4.60. The molecule has 4 nitrogen and oxygen atoms in total. The van der Waals surface area contributed by atoms with E-state index in [9.17, 15) is 13.6 Å². The molecule has 1 aromatic carbocycles. The number of amides is 1. The first-order valence-electron chi connectivity index (χ1n) is 6.09. The van der Waals surface area contributed by atoms with Crippen LogP contribution in [0.2, 0.25) is 0 Å². The lowest BCUT2D eigenvalue weighted by Gasteiger charge is -2.32. The second-order valence-corrected chi connectivity index (χ2v) is 4.60. The highest BCUT2D eigenvalue weighted by atomic mass is 19.2. The van der Waals surface area contributed by atoms with Gasteiger partial charge in [0.15, 0.2) is 11.6 Å². The van der Waals surface area contributed by atoms with Crippen molar-refractivity contribution in [2.75, 3.05) is 25.9 Å². The lowest BCUT2D eigenvalue weighted by atomic mass is 10.1. The largest absolute Gasteiger partial charge is 0.398 e. The van der Waals surface area contributed by atoms with Crippen molar-refractivity contribution in [1.82, 2.24) is 4.90 Å². The molecule has 1 aromatic rings. The minimum absolute atomic E-state index is 0.00402. The summed E-state index contributed by atoms with van der Waals surface area (Å²) in [5.74, 6) is -2.52. The molecule has 0 bridgehead atoms. The molecule has 1 fully saturated rings. The number of piperidine rings is 1. The standard InChI is InChI=1S/C13H16F2N2O2/c1-19-8-3-2-4-17(7-8)13(18)9-5-10(14)11(15)6-12(9)16/h5-6,8H,2-4,7,16H2,1H3. The van der Waals surface area contributed by atoms with E-state index < -0.39 is 17.5 Å². The van der Waals surface area contributed by atoms with Crippen LogP contribution in [0.15, 0.2) is 12.1 Å². The molecule has 1 aliphatic heterocycles. The van der Waals surface area contributed by atoms with E-state index in [1.54, 1.807) is 12.0 Å². The fourth-order valence-corrected chi connectivity index (χ4v) is 2.23. The minimum Gasteiger partial charge on any atom is -0.398 e. The van der Waals surface area contributed by atoms with E-state index in [0.29, 0.717) is 13.1 Å². The van der Waals surface area contributed by atoms with Crippen LogP contribution in [-0.2, 0) is 4.74 Å². The number of benzene rings is 1. The fraction of sp³-hybridized carbons (Fsp3) is 0.462. The number of hydrogen-bond donors (Lipinski definition) is 1. The van der Waals surface area contributed by atoms with Gasteiger partial charge in [-0.3, -0.25) is 4.79 Å². The molecule has 0 radical (unpaired) electrons. The number of nitrogens with two attached hydrogens (primary N) is 1. The molecule has 0 aromatic heterocycles. The molecule has 19 heavy (non-hydrogen) atoms. The Balaban J connectivity index is 2.22. The van der Waals surface area contributed by atoms with Gasteiger partial charge in [0.05, 0.1) is 11.7 Å². The first-order chi connectivity index (χ1) is 9.02. The highest BCUT2D eigenvalue weighted by molar-refractivity contribution is 5.99. The summed E-state index contributed by atoms with van der Waals surface area (Å²) in [6.45, 7) is 1.00. The maximum atomic E-state index is 13.2. The summed E-state index contributed by atoms with van der Waals surface area (Å²) in [6, 6.07) is 1.68. The smallest absolute Gasteiger partial charge is 0.256 e. The minimum atomic E-state index is -1.07. The Morgan fingerprint density at radius 2 is 2.11 bits per heavy atom. The Morgan fingerprint density at radius 3 is 2.79 bits per heavy atom. The first-order valence-corrected chi connectivity index (χ1v) is 6.09. The average Bonchev–Trinajstić information content (AvgIpc) is 2.42. The third-order valence-electron chi connectivity index (χ3n) is 3.32. The van der Waals surface area contributed by atoms with Crippen molar-refractivity contribution < 1.29 is 18.3 Å². The van der Waals surface area contributed by atoms with Gasteiger partial charge in [0.25, 0.3) is 5.91 Å². The predicted octanol–water partition coefficient (Wildman–Crippen LogP) is 1.80. The average molecular weight is 270 g/mol. The van der Waals surface area contributed by atoms with Crippen molar-refractivity contribution in [3.8, 4) is 0 Å². The number of ether oxygens (including phenoxy) is 1. The third-order valence-corrected chi connectivity index (χ3v) is 3.32. The van der Waals surface area contributed by atoms with Crippen molar-refractivity contribution >= 4 is 11.6 Å². The van der Waals surface area contributed by atoms with E-state index in [1.165, 1.54) is 0 Å². The maximum Gasteiger partial charge on any atom is 0.256 e. The van der Waals surface area contributed by atoms with Crippen LogP contribution in [0, 0.1) is 11.6 Å². The van der Waals surface area contributed by atoms with Gasteiger partial charge in [-0.1, -0.05) is 0 Å². The highest BCUT2D eigenvalue weighted by Gasteiger charge is 2.26. The monoisotopic (exact) mass is 270 g/mol. The number of rotatable bonds is 2. The molecule has 1 aliphatic rings. The zero-order chi connectivity index (χ0) is 14.0. The molecule has 0 spiro atoms. The number of carbonyl (C=O) groups is 1. The lowest BCUT2D eigenvalue weighted by molar-refractivity contribution is 0.0269. The molecule has 2 rings (SSSR count). The van der Waals surface area contributed by atoms with Crippen LogP contribution < -0.4 is 5.73 Å². The third kappa shape index (κ3) is 2.84. The highest BCUT2D eigenvalue weighted by Crippen LogP contribution is 2.21. The molecule has 1 saturated heterocycles. The quantitative estimate of drug-likeness (QED) is 0.834. The molecule has 0 saturated carbocycles. The van der Waals surface area contributed by atoms with Gasteiger partial charge in [-0.05, 0) is 18.9 Å². The van der Waals surface area contributed by atoms with Gasteiger partial charge in [-0.2, -0.15) is 0 Å². The summed E-state index contributed by atoms with van der Waals surface area (Å²) in [5, 5.41) is 0. The number of hydrogen-bond acceptors (Lipinski definition) is 3. The SMILES string of the molecule is COC1CCCN(C(=O)c2cc(F)c(F)cc2N)C1. The molecule has 2 N–H and O–H groups in total. The van der Waals surface area contributed by atoms with Crippen LogP contribution in [0.25, 0.3) is 0 Å². The summed E-state index contributed by atoms with van der Waals surface area (Å²) in [7, 11) is 1.59. The van der Waals surface area contributed by atoms with Crippen molar-refractivity contribution in [2.45, 2.75) is 18.9 Å². The van der Waals surface area contributed by atoms with E-state index >= 15 is 0 Å². The Morgan fingerprint density at radius 1 is 1.42 bits per heavy atom. The molecule has 104 valence electrons. The molecule has 1 atom stereocenters. The molecule has 1 unspecified atom stereocenters. The van der Waals surface area contributed by atoms with Gasteiger partial charge in [0.1, 0.15) is 0 Å². The topological polar surface area (TPSA) is 55.6 Å². The summed E-state index contributed by atoms with van der Waals surface area (Å²) < 4.78 is 31.4. The van der Waals surface area contributed by atoms with E-state index in [4.69, 9.17) is 10.5 Å². The van der Waals surface area contributed by atoms with E-state index in [1.807, 2.05) is 0 Å². The molecule has 1 amide bonds. The van der Waals surface area contributed by atoms with Crippen molar-refractivity contribution in [3.05, 3.63) is 29.3 Å². The van der Waals surface area contributed by atoms with E-state index in [0.717, 1.165) is 25.0 Å². The number of anilines is 1. The molecule has 1 heterocycles. The van der Waals surface area contributed by atoms with Crippen molar-refractivity contribution in [3.63, 3.8) is 0 Å². The van der Waals surface area contributed by atoms with Gasteiger partial charge in [0.2, 0.25) is 0 Å².